The second kappa shape index (κ2) is 6.29. The Morgan fingerprint density at radius 2 is 1.95 bits per heavy atom. The number of hydrogen-bond acceptors (Lipinski definition) is 4. The molecule has 0 bridgehead atoms. The number of nitrogens with one attached hydrogen (secondary N) is 1. The molecule has 1 N–H and O–H groups in total. The number of hydrogen-bond donors (Lipinski definition) is 1. The predicted molar refractivity (Wildman–Crippen MR) is 85.0 cm³/mol. The first-order valence-electron chi connectivity index (χ1n) is 5.35. The first kappa shape index (κ1) is 16.2. The van der Waals surface area contributed by atoms with Crippen LogP contribution in [0.2, 0.25) is 10.0 Å². The molecular formula is C11H9BrCl2N2O2S2. The number of halogens is 3. The summed E-state index contributed by atoms with van der Waals surface area (Å²) in [5.41, 5.74) is 0. The molecule has 0 aliphatic heterocycles. The molecule has 108 valence electrons. The van der Waals surface area contributed by atoms with Crippen molar-refractivity contribution in [2.24, 2.45) is 0 Å². The fourth-order valence-corrected chi connectivity index (χ4v) is 5.24. The summed E-state index contributed by atoms with van der Waals surface area (Å²) in [6.07, 6.45) is 1.69. The van der Waals surface area contributed by atoms with Crippen molar-refractivity contribution in [1.82, 2.24) is 9.71 Å². The van der Waals surface area contributed by atoms with E-state index in [-0.39, 0.29) is 21.5 Å². The molecule has 4 nitrogen and oxygen atoms in total. The summed E-state index contributed by atoms with van der Waals surface area (Å²) in [5, 5.41) is 0.801. The zero-order valence-electron chi connectivity index (χ0n) is 10.2. The van der Waals surface area contributed by atoms with Crippen molar-refractivity contribution in [1.29, 1.82) is 0 Å². The second-order valence-electron chi connectivity index (χ2n) is 3.89. The summed E-state index contributed by atoms with van der Waals surface area (Å²) >= 11 is 16.5. The van der Waals surface area contributed by atoms with Crippen LogP contribution in [0.5, 0.6) is 0 Å². The smallest absolute Gasteiger partial charge is 0.243 e. The van der Waals surface area contributed by atoms with Crippen molar-refractivity contribution >= 4 is 60.5 Å². The number of aromatic nitrogens is 1. The fourth-order valence-electron chi connectivity index (χ4n) is 1.50. The summed E-state index contributed by atoms with van der Waals surface area (Å²) in [7, 11) is -3.80. The van der Waals surface area contributed by atoms with Crippen LogP contribution in [0.3, 0.4) is 0 Å². The monoisotopic (exact) mass is 414 g/mol. The average Bonchev–Trinajstić information content (AvgIpc) is 2.71. The lowest BCUT2D eigenvalue weighted by molar-refractivity contribution is 0.581. The Labute approximate surface area is 139 Å². The molecule has 0 atom stereocenters. The van der Waals surface area contributed by atoms with E-state index in [4.69, 9.17) is 23.2 Å². The van der Waals surface area contributed by atoms with E-state index in [0.29, 0.717) is 9.48 Å². The molecule has 0 saturated carbocycles. The van der Waals surface area contributed by atoms with E-state index >= 15 is 0 Å². The Hall–Kier alpha value is -0.180. The van der Waals surface area contributed by atoms with Crippen molar-refractivity contribution in [3.63, 3.8) is 0 Å². The third-order valence-electron chi connectivity index (χ3n) is 2.31. The van der Waals surface area contributed by atoms with Gasteiger partial charge in [0.2, 0.25) is 10.0 Å². The van der Waals surface area contributed by atoms with E-state index in [0.717, 1.165) is 4.88 Å². The maximum atomic E-state index is 12.2. The quantitative estimate of drug-likeness (QED) is 0.820. The van der Waals surface area contributed by atoms with Crippen molar-refractivity contribution in [3.05, 3.63) is 42.7 Å². The highest BCUT2D eigenvalue weighted by atomic mass is 79.9. The number of sulfonamides is 1. The van der Waals surface area contributed by atoms with Gasteiger partial charge in [0.05, 0.1) is 16.6 Å². The molecule has 0 unspecified atom stereocenters. The lowest BCUT2D eigenvalue weighted by Gasteiger charge is -2.09. The molecule has 9 heteroatoms. The Kier molecular flexibility index (Phi) is 5.09. The fraction of sp³-hybridized carbons (Fsp3) is 0.182. The number of nitrogens with zero attached hydrogens (tertiary/aromatic N) is 1. The zero-order valence-corrected chi connectivity index (χ0v) is 14.9. The zero-order chi connectivity index (χ0) is 14.9. The number of benzene rings is 1. The Balaban J connectivity index is 2.27. The van der Waals surface area contributed by atoms with Gasteiger partial charge in [0.25, 0.3) is 0 Å². The van der Waals surface area contributed by atoms with Crippen molar-refractivity contribution in [2.75, 3.05) is 0 Å². The van der Waals surface area contributed by atoms with Gasteiger partial charge in [-0.3, -0.25) is 0 Å². The van der Waals surface area contributed by atoms with Crippen LogP contribution in [0, 0.1) is 6.92 Å². The summed E-state index contributed by atoms with van der Waals surface area (Å²) in [4.78, 5) is 4.97. The van der Waals surface area contributed by atoms with E-state index in [1.54, 1.807) is 6.20 Å². The minimum absolute atomic E-state index is 0.0622. The molecule has 0 fully saturated rings. The highest BCUT2D eigenvalue weighted by Gasteiger charge is 2.22. The summed E-state index contributed by atoms with van der Waals surface area (Å²) in [5.74, 6) is 0. The average molecular weight is 416 g/mol. The minimum atomic E-state index is -3.80. The van der Waals surface area contributed by atoms with E-state index in [9.17, 15) is 8.42 Å². The molecule has 20 heavy (non-hydrogen) atoms. The molecule has 2 rings (SSSR count). The lowest BCUT2D eigenvalue weighted by Crippen LogP contribution is -2.23. The molecular weight excluding hydrogens is 407 g/mol. The van der Waals surface area contributed by atoms with Crippen LogP contribution >= 0.6 is 50.5 Å². The highest BCUT2D eigenvalue weighted by Crippen LogP contribution is 2.32. The maximum Gasteiger partial charge on any atom is 0.243 e. The van der Waals surface area contributed by atoms with Crippen LogP contribution in [-0.4, -0.2) is 13.4 Å². The van der Waals surface area contributed by atoms with Crippen LogP contribution in [0.4, 0.5) is 0 Å². The largest absolute Gasteiger partial charge is 0.248 e. The standard InChI is InChI=1S/C11H9BrCl2N2O2S2/c1-6-4-15-10(19-6)5-16-20(17,18)11-8(13)2-7(12)3-9(11)14/h2-4,16H,5H2,1H3. The SMILES string of the molecule is Cc1cnc(CNS(=O)(=O)c2c(Cl)cc(Br)cc2Cl)s1. The van der Waals surface area contributed by atoms with Gasteiger partial charge in [-0.15, -0.1) is 11.3 Å². The van der Waals surface area contributed by atoms with Crippen LogP contribution < -0.4 is 4.72 Å². The number of rotatable bonds is 4. The Morgan fingerprint density at radius 3 is 2.45 bits per heavy atom. The van der Waals surface area contributed by atoms with E-state index < -0.39 is 10.0 Å². The van der Waals surface area contributed by atoms with Gasteiger partial charge >= 0.3 is 0 Å². The maximum absolute atomic E-state index is 12.2. The molecule has 0 radical (unpaired) electrons. The molecule has 0 spiro atoms. The molecule has 2 aromatic rings. The molecule has 1 heterocycles. The van der Waals surface area contributed by atoms with Crippen molar-refractivity contribution < 1.29 is 8.42 Å². The first-order valence-corrected chi connectivity index (χ1v) is 9.20. The molecule has 1 aromatic heterocycles. The lowest BCUT2D eigenvalue weighted by atomic mass is 10.4. The third kappa shape index (κ3) is 3.72. The van der Waals surface area contributed by atoms with E-state index in [1.807, 2.05) is 6.92 Å². The highest BCUT2D eigenvalue weighted by molar-refractivity contribution is 9.10. The molecule has 1 aromatic carbocycles. The van der Waals surface area contributed by atoms with E-state index in [2.05, 4.69) is 25.6 Å². The van der Waals surface area contributed by atoms with Crippen LogP contribution in [0.25, 0.3) is 0 Å². The van der Waals surface area contributed by atoms with Gasteiger partial charge in [0, 0.05) is 15.5 Å². The molecule has 0 amide bonds. The van der Waals surface area contributed by atoms with Crippen LogP contribution in [0.15, 0.2) is 27.7 Å². The second-order valence-corrected chi connectivity index (χ2v) is 8.64. The minimum Gasteiger partial charge on any atom is -0.248 e. The summed E-state index contributed by atoms with van der Waals surface area (Å²) in [6, 6.07) is 2.96. The van der Waals surface area contributed by atoms with Crippen LogP contribution in [-0.2, 0) is 16.6 Å². The van der Waals surface area contributed by atoms with Crippen LogP contribution in [0.1, 0.15) is 9.88 Å². The first-order chi connectivity index (χ1) is 9.29. The number of aryl methyl sites for hydroxylation is 1. The Morgan fingerprint density at radius 1 is 1.35 bits per heavy atom. The van der Waals surface area contributed by atoms with Gasteiger partial charge in [-0.05, 0) is 19.1 Å². The van der Waals surface area contributed by atoms with Crippen molar-refractivity contribution in [3.8, 4) is 0 Å². The Bertz CT molecular complexity index is 724. The number of thiazole rings is 1. The predicted octanol–water partition coefficient (Wildman–Crippen LogP) is 4.00. The van der Waals surface area contributed by atoms with Gasteiger partial charge in [-0.2, -0.15) is 0 Å². The van der Waals surface area contributed by atoms with Gasteiger partial charge < -0.3 is 0 Å². The molecule has 0 aliphatic carbocycles. The third-order valence-corrected chi connectivity index (χ3v) is 6.01. The van der Waals surface area contributed by atoms with Gasteiger partial charge in [0.1, 0.15) is 9.90 Å². The van der Waals surface area contributed by atoms with Crippen molar-refractivity contribution in [2.45, 2.75) is 18.4 Å². The van der Waals surface area contributed by atoms with Gasteiger partial charge in [0.15, 0.2) is 0 Å². The normalized spacial score (nSPS) is 11.8. The molecule has 0 saturated heterocycles. The van der Waals surface area contributed by atoms with Gasteiger partial charge in [-0.1, -0.05) is 39.1 Å². The molecule has 0 aliphatic rings. The summed E-state index contributed by atoms with van der Waals surface area (Å²) in [6.45, 7) is 2.00. The van der Waals surface area contributed by atoms with Gasteiger partial charge in [-0.25, -0.2) is 18.1 Å². The van der Waals surface area contributed by atoms with E-state index in [1.165, 1.54) is 23.5 Å². The summed E-state index contributed by atoms with van der Waals surface area (Å²) < 4.78 is 27.5. The topological polar surface area (TPSA) is 59.1 Å².